The molecule has 1 rings (SSSR count). The van der Waals surface area contributed by atoms with Crippen molar-refractivity contribution in [2.45, 2.75) is 44.2 Å². The number of nitrogens with one attached hydrogen (secondary N) is 1. The van der Waals surface area contributed by atoms with Crippen LogP contribution in [0.5, 0.6) is 0 Å². The van der Waals surface area contributed by atoms with Crippen molar-refractivity contribution >= 4 is 0 Å². The molecule has 2 nitrogen and oxygen atoms in total. The van der Waals surface area contributed by atoms with E-state index in [0.29, 0.717) is 6.04 Å². The van der Waals surface area contributed by atoms with Crippen LogP contribution in [0, 0.1) is 0 Å². The molecule has 10 heavy (non-hydrogen) atoms. The van der Waals surface area contributed by atoms with Crippen molar-refractivity contribution in [1.82, 2.24) is 5.32 Å². The van der Waals surface area contributed by atoms with Crippen LogP contribution in [0.1, 0.15) is 32.6 Å². The predicted molar refractivity (Wildman–Crippen MR) is 41.9 cm³/mol. The van der Waals surface area contributed by atoms with Gasteiger partial charge in [0, 0.05) is 6.04 Å². The van der Waals surface area contributed by atoms with E-state index in [1.807, 2.05) is 14.0 Å². The topological polar surface area (TPSA) is 32.3 Å². The summed E-state index contributed by atoms with van der Waals surface area (Å²) < 4.78 is 0. The fourth-order valence-electron chi connectivity index (χ4n) is 1.71. The summed E-state index contributed by atoms with van der Waals surface area (Å²) in [6, 6.07) is 0.531. The fourth-order valence-corrected chi connectivity index (χ4v) is 1.71. The molecule has 0 heterocycles. The third-order valence-corrected chi connectivity index (χ3v) is 2.36. The highest BCUT2D eigenvalue weighted by Gasteiger charge is 2.28. The second kappa shape index (κ2) is 2.89. The molecule has 1 saturated carbocycles. The molecular weight excluding hydrogens is 126 g/mol. The first-order chi connectivity index (χ1) is 4.64. The summed E-state index contributed by atoms with van der Waals surface area (Å²) in [4.78, 5) is 0. The van der Waals surface area contributed by atoms with Crippen molar-refractivity contribution in [3.8, 4) is 0 Å². The van der Waals surface area contributed by atoms with E-state index in [4.69, 9.17) is 0 Å². The van der Waals surface area contributed by atoms with Crippen LogP contribution >= 0.6 is 0 Å². The Kier molecular flexibility index (Phi) is 2.32. The average molecular weight is 143 g/mol. The van der Waals surface area contributed by atoms with Gasteiger partial charge in [-0.2, -0.15) is 0 Å². The van der Waals surface area contributed by atoms with E-state index >= 15 is 0 Å². The SMILES string of the molecule is CN[C@@H]1CCC[C@](C)(O)C1. The maximum atomic E-state index is 9.64. The Hall–Kier alpha value is -0.0800. The van der Waals surface area contributed by atoms with Crippen LogP contribution < -0.4 is 5.32 Å². The van der Waals surface area contributed by atoms with E-state index in [1.165, 1.54) is 6.42 Å². The monoisotopic (exact) mass is 143 g/mol. The quantitative estimate of drug-likeness (QED) is 0.571. The summed E-state index contributed by atoms with van der Waals surface area (Å²) in [5, 5.41) is 12.8. The van der Waals surface area contributed by atoms with Gasteiger partial charge in [-0.15, -0.1) is 0 Å². The van der Waals surface area contributed by atoms with E-state index in [9.17, 15) is 5.11 Å². The summed E-state index contributed by atoms with van der Waals surface area (Å²) in [5.41, 5.74) is -0.411. The Balaban J connectivity index is 2.40. The number of hydrogen-bond donors (Lipinski definition) is 2. The lowest BCUT2D eigenvalue weighted by Crippen LogP contribution is -2.40. The van der Waals surface area contributed by atoms with Crippen LogP contribution in [-0.2, 0) is 0 Å². The molecular formula is C8H17NO. The second-order valence-corrected chi connectivity index (χ2v) is 3.58. The van der Waals surface area contributed by atoms with Gasteiger partial charge in [-0.05, 0) is 39.7 Å². The van der Waals surface area contributed by atoms with Crippen LogP contribution in [0.25, 0.3) is 0 Å². The van der Waals surface area contributed by atoms with Crippen molar-refractivity contribution in [2.24, 2.45) is 0 Å². The van der Waals surface area contributed by atoms with Crippen molar-refractivity contribution in [3.05, 3.63) is 0 Å². The highest BCUT2D eigenvalue weighted by molar-refractivity contribution is 4.84. The van der Waals surface area contributed by atoms with Gasteiger partial charge in [0.05, 0.1) is 5.60 Å². The molecule has 2 heteroatoms. The lowest BCUT2D eigenvalue weighted by atomic mass is 9.83. The molecule has 0 amide bonds. The molecule has 60 valence electrons. The molecule has 0 aromatic carbocycles. The normalized spacial score (nSPS) is 41.7. The van der Waals surface area contributed by atoms with Crippen LogP contribution in [0.15, 0.2) is 0 Å². The van der Waals surface area contributed by atoms with Gasteiger partial charge >= 0.3 is 0 Å². The van der Waals surface area contributed by atoms with E-state index in [0.717, 1.165) is 19.3 Å². The van der Waals surface area contributed by atoms with Gasteiger partial charge in [0.1, 0.15) is 0 Å². The highest BCUT2D eigenvalue weighted by atomic mass is 16.3. The zero-order valence-electron chi connectivity index (χ0n) is 6.85. The van der Waals surface area contributed by atoms with E-state index < -0.39 is 5.60 Å². The molecule has 2 N–H and O–H groups in total. The third-order valence-electron chi connectivity index (χ3n) is 2.36. The summed E-state index contributed by atoms with van der Waals surface area (Å²) in [7, 11) is 1.96. The Labute approximate surface area is 62.6 Å². The summed E-state index contributed by atoms with van der Waals surface area (Å²) in [6.45, 7) is 1.93. The minimum absolute atomic E-state index is 0.411. The maximum Gasteiger partial charge on any atom is 0.0634 e. The first-order valence-electron chi connectivity index (χ1n) is 4.04. The van der Waals surface area contributed by atoms with Crippen LogP contribution in [-0.4, -0.2) is 23.8 Å². The molecule has 2 atom stereocenters. The molecule has 1 aliphatic rings. The molecule has 1 fully saturated rings. The first-order valence-corrected chi connectivity index (χ1v) is 4.04. The second-order valence-electron chi connectivity index (χ2n) is 3.58. The van der Waals surface area contributed by atoms with Crippen molar-refractivity contribution in [2.75, 3.05) is 7.05 Å². The molecule has 0 saturated heterocycles. The molecule has 0 unspecified atom stereocenters. The minimum Gasteiger partial charge on any atom is -0.390 e. The molecule has 0 spiro atoms. The third kappa shape index (κ3) is 1.96. The highest BCUT2D eigenvalue weighted by Crippen LogP contribution is 2.27. The lowest BCUT2D eigenvalue weighted by molar-refractivity contribution is 0.0112. The number of aliphatic hydroxyl groups is 1. The zero-order valence-corrected chi connectivity index (χ0v) is 6.85. The van der Waals surface area contributed by atoms with Gasteiger partial charge in [0.15, 0.2) is 0 Å². The molecule has 0 radical (unpaired) electrons. The smallest absolute Gasteiger partial charge is 0.0634 e. The standard InChI is InChI=1S/C8H17NO/c1-8(10)5-3-4-7(6-8)9-2/h7,9-10H,3-6H2,1-2H3/t7-,8+/m1/s1. The lowest BCUT2D eigenvalue weighted by Gasteiger charge is -2.33. The Morgan fingerprint density at radius 3 is 2.70 bits per heavy atom. The zero-order chi connectivity index (χ0) is 7.61. The largest absolute Gasteiger partial charge is 0.390 e. The van der Waals surface area contributed by atoms with E-state index in [2.05, 4.69) is 5.32 Å². The van der Waals surface area contributed by atoms with Gasteiger partial charge < -0.3 is 10.4 Å². The Morgan fingerprint density at radius 2 is 2.30 bits per heavy atom. The van der Waals surface area contributed by atoms with Crippen molar-refractivity contribution < 1.29 is 5.11 Å². The van der Waals surface area contributed by atoms with Crippen molar-refractivity contribution in [1.29, 1.82) is 0 Å². The predicted octanol–water partition coefficient (Wildman–Crippen LogP) is 0.899. The van der Waals surface area contributed by atoms with Crippen molar-refractivity contribution in [3.63, 3.8) is 0 Å². The molecule has 0 aromatic rings. The summed E-state index contributed by atoms with van der Waals surface area (Å²) >= 11 is 0. The number of hydrogen-bond acceptors (Lipinski definition) is 2. The fraction of sp³-hybridized carbons (Fsp3) is 1.00. The first kappa shape index (κ1) is 8.02. The number of rotatable bonds is 1. The maximum absolute atomic E-state index is 9.64. The summed E-state index contributed by atoms with van der Waals surface area (Å²) in [6.07, 6.45) is 4.24. The minimum atomic E-state index is -0.411. The summed E-state index contributed by atoms with van der Waals surface area (Å²) in [5.74, 6) is 0. The molecule has 1 aliphatic carbocycles. The van der Waals surface area contributed by atoms with Gasteiger partial charge in [-0.1, -0.05) is 0 Å². The van der Waals surface area contributed by atoms with Crippen LogP contribution in [0.3, 0.4) is 0 Å². The van der Waals surface area contributed by atoms with Gasteiger partial charge in [-0.25, -0.2) is 0 Å². The Bertz CT molecular complexity index is 112. The van der Waals surface area contributed by atoms with E-state index in [1.54, 1.807) is 0 Å². The van der Waals surface area contributed by atoms with E-state index in [-0.39, 0.29) is 0 Å². The van der Waals surface area contributed by atoms with Crippen LogP contribution in [0.2, 0.25) is 0 Å². The van der Waals surface area contributed by atoms with Gasteiger partial charge in [0.2, 0.25) is 0 Å². The molecule has 0 aliphatic heterocycles. The van der Waals surface area contributed by atoms with Gasteiger partial charge in [0.25, 0.3) is 0 Å². The van der Waals surface area contributed by atoms with Gasteiger partial charge in [-0.3, -0.25) is 0 Å². The Morgan fingerprint density at radius 1 is 1.60 bits per heavy atom. The van der Waals surface area contributed by atoms with Crippen LogP contribution in [0.4, 0.5) is 0 Å². The molecule has 0 bridgehead atoms. The molecule has 0 aromatic heterocycles. The average Bonchev–Trinajstić information content (AvgIpc) is 1.86.